The van der Waals surface area contributed by atoms with E-state index in [2.05, 4.69) is 10.3 Å². The minimum absolute atomic E-state index is 0.285. The summed E-state index contributed by atoms with van der Waals surface area (Å²) in [5.74, 6) is -1.10. The predicted octanol–water partition coefficient (Wildman–Crippen LogP) is 2.90. The van der Waals surface area contributed by atoms with Crippen molar-refractivity contribution in [2.24, 2.45) is 0 Å². The lowest BCUT2D eigenvalue weighted by atomic mass is 10.2. The molecule has 2 N–H and O–H groups in total. The Hall–Kier alpha value is -3.11. The van der Waals surface area contributed by atoms with Crippen LogP contribution in [0.2, 0.25) is 0 Å². The maximum Gasteiger partial charge on any atom is 0.355 e. The van der Waals surface area contributed by atoms with Crippen LogP contribution < -0.4 is 5.32 Å². The Kier molecular flexibility index (Phi) is 4.08. The first-order chi connectivity index (χ1) is 11.2. The van der Waals surface area contributed by atoms with E-state index in [9.17, 15) is 9.59 Å². The molecule has 0 aliphatic heterocycles. The van der Waals surface area contributed by atoms with Gasteiger partial charge in [-0.25, -0.2) is 4.79 Å². The van der Waals surface area contributed by atoms with Gasteiger partial charge in [-0.3, -0.25) is 4.79 Å². The summed E-state index contributed by atoms with van der Waals surface area (Å²) < 4.78 is 4.98. The van der Waals surface area contributed by atoms with E-state index < -0.39 is 18.5 Å². The molecule has 114 valence electrons. The van der Waals surface area contributed by atoms with E-state index in [0.717, 1.165) is 10.9 Å². The molecule has 0 radical (unpaired) electrons. The lowest BCUT2D eigenvalue weighted by Gasteiger charge is -2.04. The van der Waals surface area contributed by atoms with Gasteiger partial charge < -0.3 is 15.0 Å². The first kappa shape index (κ1) is 14.8. The van der Waals surface area contributed by atoms with Gasteiger partial charge in [0.2, 0.25) is 0 Å². The van der Waals surface area contributed by atoms with Gasteiger partial charge in [-0.1, -0.05) is 18.2 Å². The Morgan fingerprint density at radius 2 is 2.13 bits per heavy atom. The number of nitrogens with zero attached hydrogens (tertiary/aromatic N) is 1. The molecule has 0 atom stereocenters. The molecular formula is C16H11N3O3S. The zero-order valence-electron chi connectivity index (χ0n) is 11.8. The Morgan fingerprint density at radius 1 is 1.30 bits per heavy atom. The molecule has 1 aromatic carbocycles. The monoisotopic (exact) mass is 325 g/mol. The Bertz CT molecular complexity index is 887. The van der Waals surface area contributed by atoms with Gasteiger partial charge in [0.05, 0.1) is 5.56 Å². The molecule has 3 aromatic rings. The van der Waals surface area contributed by atoms with Crippen molar-refractivity contribution in [3.8, 4) is 6.07 Å². The number of ether oxygens (including phenoxy) is 1. The summed E-state index contributed by atoms with van der Waals surface area (Å²) >= 11 is 1.23. The van der Waals surface area contributed by atoms with E-state index >= 15 is 0 Å². The SMILES string of the molecule is N#Cc1ccsc1NC(=O)COC(=O)c1cc2ccccc2[nH]1. The molecule has 0 aliphatic carbocycles. The zero-order chi connectivity index (χ0) is 16.2. The van der Waals surface area contributed by atoms with Gasteiger partial charge in [0, 0.05) is 10.9 Å². The minimum Gasteiger partial charge on any atom is -0.451 e. The molecule has 3 rings (SSSR count). The largest absolute Gasteiger partial charge is 0.451 e. The molecule has 2 heterocycles. The molecule has 0 unspecified atom stereocenters. The van der Waals surface area contributed by atoms with E-state index in [1.165, 1.54) is 11.3 Å². The van der Waals surface area contributed by atoms with Crippen LogP contribution in [0.15, 0.2) is 41.8 Å². The van der Waals surface area contributed by atoms with E-state index in [1.54, 1.807) is 17.5 Å². The van der Waals surface area contributed by atoms with Crippen LogP contribution in [0.3, 0.4) is 0 Å². The molecule has 0 saturated heterocycles. The number of benzene rings is 1. The number of carbonyl (C=O) groups is 2. The van der Waals surface area contributed by atoms with Gasteiger partial charge >= 0.3 is 5.97 Å². The van der Waals surface area contributed by atoms with E-state index in [-0.39, 0.29) is 5.69 Å². The zero-order valence-corrected chi connectivity index (χ0v) is 12.6. The number of hydrogen-bond acceptors (Lipinski definition) is 5. The lowest BCUT2D eigenvalue weighted by molar-refractivity contribution is -0.119. The highest BCUT2D eigenvalue weighted by atomic mass is 32.1. The fourth-order valence-electron chi connectivity index (χ4n) is 2.05. The Balaban J connectivity index is 1.60. The normalized spacial score (nSPS) is 10.2. The maximum absolute atomic E-state index is 12.0. The van der Waals surface area contributed by atoms with Crippen LogP contribution in [-0.4, -0.2) is 23.5 Å². The summed E-state index contributed by atoms with van der Waals surface area (Å²) in [7, 11) is 0. The third-order valence-corrected chi connectivity index (χ3v) is 3.95. The molecule has 23 heavy (non-hydrogen) atoms. The first-order valence-corrected chi connectivity index (χ1v) is 7.57. The van der Waals surface area contributed by atoms with Gasteiger partial charge in [0.1, 0.15) is 16.8 Å². The predicted molar refractivity (Wildman–Crippen MR) is 86.2 cm³/mol. The molecule has 6 nitrogen and oxygen atoms in total. The van der Waals surface area contributed by atoms with Crippen LogP contribution in [0.1, 0.15) is 16.1 Å². The number of fused-ring (bicyclic) bond motifs is 1. The number of thiophene rings is 1. The van der Waals surface area contributed by atoms with Crippen molar-refractivity contribution in [3.05, 3.63) is 53.0 Å². The number of anilines is 1. The molecule has 0 aliphatic rings. The van der Waals surface area contributed by atoms with Gasteiger partial charge in [-0.15, -0.1) is 11.3 Å². The van der Waals surface area contributed by atoms with E-state index in [4.69, 9.17) is 10.00 Å². The lowest BCUT2D eigenvalue weighted by Crippen LogP contribution is -2.20. The standard InChI is InChI=1S/C16H11N3O3S/c17-8-11-5-6-23-15(11)19-14(20)9-22-16(21)13-7-10-3-1-2-4-12(10)18-13/h1-7,18H,9H2,(H,19,20). The van der Waals surface area contributed by atoms with Crippen molar-refractivity contribution in [2.45, 2.75) is 0 Å². The van der Waals surface area contributed by atoms with Crippen LogP contribution in [0.5, 0.6) is 0 Å². The van der Waals surface area contributed by atoms with Gasteiger partial charge in [-0.05, 0) is 23.6 Å². The number of H-pyrrole nitrogens is 1. The summed E-state index contributed by atoms with van der Waals surface area (Å²) in [6.45, 7) is -0.420. The van der Waals surface area contributed by atoms with Gasteiger partial charge in [0.25, 0.3) is 5.91 Å². The number of para-hydroxylation sites is 1. The molecule has 1 amide bonds. The number of carbonyl (C=O) groups excluding carboxylic acids is 2. The number of esters is 1. The van der Waals surface area contributed by atoms with Crippen LogP contribution in [0, 0.1) is 11.3 Å². The summed E-state index contributed by atoms with van der Waals surface area (Å²) in [4.78, 5) is 26.7. The second kappa shape index (κ2) is 6.34. The molecule has 7 heteroatoms. The highest BCUT2D eigenvalue weighted by molar-refractivity contribution is 7.14. The average Bonchev–Trinajstić information content (AvgIpc) is 3.18. The van der Waals surface area contributed by atoms with E-state index in [1.807, 2.05) is 30.3 Å². The van der Waals surface area contributed by atoms with Crippen molar-refractivity contribution in [1.82, 2.24) is 4.98 Å². The fourth-order valence-corrected chi connectivity index (χ4v) is 2.80. The molecule has 0 saturated carbocycles. The van der Waals surface area contributed by atoms with E-state index in [0.29, 0.717) is 10.6 Å². The average molecular weight is 325 g/mol. The van der Waals surface area contributed by atoms with Crippen molar-refractivity contribution in [2.75, 3.05) is 11.9 Å². The van der Waals surface area contributed by atoms with Crippen LogP contribution in [0.25, 0.3) is 10.9 Å². The number of rotatable bonds is 4. The topological polar surface area (TPSA) is 95.0 Å². The summed E-state index contributed by atoms with van der Waals surface area (Å²) in [5.41, 5.74) is 1.49. The third kappa shape index (κ3) is 3.22. The number of nitrogens with one attached hydrogen (secondary N) is 2. The first-order valence-electron chi connectivity index (χ1n) is 6.69. The smallest absolute Gasteiger partial charge is 0.355 e. The van der Waals surface area contributed by atoms with Crippen LogP contribution in [0.4, 0.5) is 5.00 Å². The summed E-state index contributed by atoms with van der Waals surface area (Å²) in [6.07, 6.45) is 0. The number of nitriles is 1. The van der Waals surface area contributed by atoms with Crippen molar-refractivity contribution in [3.63, 3.8) is 0 Å². The van der Waals surface area contributed by atoms with Gasteiger partial charge in [0.15, 0.2) is 6.61 Å². The quantitative estimate of drug-likeness (QED) is 0.721. The van der Waals surface area contributed by atoms with Gasteiger partial charge in [-0.2, -0.15) is 5.26 Å². The molecule has 0 spiro atoms. The van der Waals surface area contributed by atoms with Crippen molar-refractivity contribution >= 4 is 39.1 Å². The molecular weight excluding hydrogens is 314 g/mol. The molecule has 0 bridgehead atoms. The Morgan fingerprint density at radius 3 is 2.91 bits per heavy atom. The maximum atomic E-state index is 12.0. The second-order valence-corrected chi connectivity index (χ2v) is 5.59. The van der Waals surface area contributed by atoms with Crippen molar-refractivity contribution < 1.29 is 14.3 Å². The summed E-state index contributed by atoms with van der Waals surface area (Å²) in [6, 6.07) is 12.7. The fraction of sp³-hybridized carbons (Fsp3) is 0.0625. The number of amides is 1. The summed E-state index contributed by atoms with van der Waals surface area (Å²) in [5, 5.41) is 14.4. The van der Waals surface area contributed by atoms with Crippen molar-refractivity contribution in [1.29, 1.82) is 5.26 Å². The van der Waals surface area contributed by atoms with Crippen LogP contribution >= 0.6 is 11.3 Å². The van der Waals surface area contributed by atoms with Crippen LogP contribution in [-0.2, 0) is 9.53 Å². The minimum atomic E-state index is -0.608. The highest BCUT2D eigenvalue weighted by Gasteiger charge is 2.14. The Labute approximate surface area is 135 Å². The number of aromatic amines is 1. The third-order valence-electron chi connectivity index (χ3n) is 3.12. The number of hydrogen-bond donors (Lipinski definition) is 2. The second-order valence-electron chi connectivity index (χ2n) is 4.67. The molecule has 2 aromatic heterocycles. The molecule has 0 fully saturated rings. The highest BCUT2D eigenvalue weighted by Crippen LogP contribution is 2.22. The number of aromatic nitrogens is 1.